The average molecular weight is 277 g/mol. The highest BCUT2D eigenvalue weighted by Gasteiger charge is 2.27. The van der Waals surface area contributed by atoms with Crippen LogP contribution in [0, 0.1) is 5.92 Å². The molecule has 3 N–H and O–H groups in total. The Morgan fingerprint density at radius 2 is 1.94 bits per heavy atom. The summed E-state index contributed by atoms with van der Waals surface area (Å²) in [5, 5.41) is 16.2. The van der Waals surface area contributed by atoms with Crippen molar-refractivity contribution in [2.75, 3.05) is 13.1 Å². The Morgan fingerprint density at radius 1 is 1.22 bits per heavy atom. The lowest BCUT2D eigenvalue weighted by atomic mass is 9.85. The Bertz CT molecular complexity index is 251. The fraction of sp³-hybridized carbons (Fsp3) is 0.923. The molecule has 0 aromatic rings. The molecule has 0 aromatic carbocycles. The second kappa shape index (κ2) is 7.97. The predicted molar refractivity (Wildman–Crippen MR) is 73.9 cm³/mol. The van der Waals surface area contributed by atoms with Crippen molar-refractivity contribution in [3.8, 4) is 0 Å². The molecule has 0 spiro atoms. The Balaban J connectivity index is 0.00000162. The first-order valence-corrected chi connectivity index (χ1v) is 6.96. The number of carbonyl (C=O) groups excluding carboxylic acids is 1. The van der Waals surface area contributed by atoms with Gasteiger partial charge in [0.2, 0.25) is 5.91 Å². The summed E-state index contributed by atoms with van der Waals surface area (Å²) in [7, 11) is 0. The molecule has 1 aliphatic heterocycles. The van der Waals surface area contributed by atoms with Gasteiger partial charge in [0, 0.05) is 12.6 Å². The number of rotatable bonds is 4. The zero-order valence-corrected chi connectivity index (χ0v) is 11.7. The molecule has 1 saturated heterocycles. The van der Waals surface area contributed by atoms with Crippen LogP contribution in [0.1, 0.15) is 44.9 Å². The molecule has 1 amide bonds. The third kappa shape index (κ3) is 4.41. The number of hydrogen-bond donors (Lipinski definition) is 3. The van der Waals surface area contributed by atoms with Crippen LogP contribution in [0.5, 0.6) is 0 Å². The van der Waals surface area contributed by atoms with Crippen molar-refractivity contribution < 1.29 is 9.90 Å². The van der Waals surface area contributed by atoms with Crippen LogP contribution in [0.4, 0.5) is 0 Å². The van der Waals surface area contributed by atoms with Gasteiger partial charge < -0.3 is 15.7 Å². The number of hydrogen-bond acceptors (Lipinski definition) is 3. The maximum atomic E-state index is 11.8. The fourth-order valence-electron chi connectivity index (χ4n) is 2.92. The minimum Gasteiger partial charge on any atom is -0.383 e. The van der Waals surface area contributed by atoms with E-state index in [4.69, 9.17) is 0 Å². The summed E-state index contributed by atoms with van der Waals surface area (Å²) in [6, 6.07) is 0.400. The van der Waals surface area contributed by atoms with Crippen LogP contribution in [0.15, 0.2) is 0 Å². The Morgan fingerprint density at radius 3 is 2.56 bits per heavy atom. The second-order valence-electron chi connectivity index (χ2n) is 5.38. The summed E-state index contributed by atoms with van der Waals surface area (Å²) in [5.74, 6) is 0.00545. The predicted octanol–water partition coefficient (Wildman–Crippen LogP) is 1.22. The van der Waals surface area contributed by atoms with Crippen molar-refractivity contribution in [1.29, 1.82) is 0 Å². The molecule has 1 aliphatic carbocycles. The van der Waals surface area contributed by atoms with Gasteiger partial charge in [-0.05, 0) is 38.1 Å². The second-order valence-corrected chi connectivity index (χ2v) is 5.38. The first-order valence-electron chi connectivity index (χ1n) is 6.96. The van der Waals surface area contributed by atoms with Gasteiger partial charge in [0.25, 0.3) is 0 Å². The molecule has 2 rings (SSSR count). The molecule has 0 radical (unpaired) electrons. The van der Waals surface area contributed by atoms with Crippen molar-refractivity contribution in [2.45, 2.75) is 57.1 Å². The molecule has 0 bridgehead atoms. The van der Waals surface area contributed by atoms with Gasteiger partial charge in [0.05, 0.1) is 0 Å². The molecule has 106 valence electrons. The molecule has 0 aromatic heterocycles. The van der Waals surface area contributed by atoms with Gasteiger partial charge in [0.15, 0.2) is 0 Å². The summed E-state index contributed by atoms with van der Waals surface area (Å²) >= 11 is 0. The third-order valence-corrected chi connectivity index (χ3v) is 4.05. The first kappa shape index (κ1) is 15.7. The minimum atomic E-state index is -0.795. The van der Waals surface area contributed by atoms with Crippen molar-refractivity contribution in [3.63, 3.8) is 0 Å². The van der Waals surface area contributed by atoms with E-state index in [1.54, 1.807) is 0 Å². The third-order valence-electron chi connectivity index (χ3n) is 4.05. The number of amides is 1. The van der Waals surface area contributed by atoms with Gasteiger partial charge in [-0.3, -0.25) is 4.79 Å². The number of halogens is 1. The van der Waals surface area contributed by atoms with Crippen molar-refractivity contribution in [3.05, 3.63) is 0 Å². The van der Waals surface area contributed by atoms with E-state index in [9.17, 15) is 9.90 Å². The topological polar surface area (TPSA) is 61.4 Å². The molecule has 2 atom stereocenters. The van der Waals surface area contributed by atoms with Crippen molar-refractivity contribution in [1.82, 2.24) is 10.6 Å². The Hall–Kier alpha value is -0.320. The van der Waals surface area contributed by atoms with Gasteiger partial charge in [-0.15, -0.1) is 12.4 Å². The zero-order chi connectivity index (χ0) is 12.1. The van der Waals surface area contributed by atoms with E-state index < -0.39 is 6.10 Å². The van der Waals surface area contributed by atoms with Gasteiger partial charge in [-0.25, -0.2) is 0 Å². The summed E-state index contributed by atoms with van der Waals surface area (Å²) < 4.78 is 0. The van der Waals surface area contributed by atoms with Crippen LogP contribution >= 0.6 is 12.4 Å². The van der Waals surface area contributed by atoms with Gasteiger partial charge in [-0.1, -0.05) is 19.3 Å². The number of carbonyl (C=O) groups is 1. The van der Waals surface area contributed by atoms with Crippen LogP contribution in [0.3, 0.4) is 0 Å². The zero-order valence-electron chi connectivity index (χ0n) is 10.9. The molecule has 2 aliphatic rings. The molecule has 0 unspecified atom stereocenters. The smallest absolute Gasteiger partial charge is 0.249 e. The van der Waals surface area contributed by atoms with Crippen molar-refractivity contribution in [2.24, 2.45) is 5.92 Å². The monoisotopic (exact) mass is 276 g/mol. The molecule has 5 heteroatoms. The van der Waals surface area contributed by atoms with Crippen LogP contribution < -0.4 is 10.6 Å². The highest BCUT2D eigenvalue weighted by molar-refractivity contribution is 5.85. The first-order chi connectivity index (χ1) is 8.27. The maximum Gasteiger partial charge on any atom is 0.249 e. The molecule has 1 saturated carbocycles. The highest BCUT2D eigenvalue weighted by atomic mass is 35.5. The van der Waals surface area contributed by atoms with E-state index >= 15 is 0 Å². The molecule has 2 fully saturated rings. The number of nitrogens with one attached hydrogen (secondary N) is 2. The van der Waals surface area contributed by atoms with Crippen LogP contribution in [0.25, 0.3) is 0 Å². The standard InChI is InChI=1S/C13H24N2O2.ClH/c16-12(10-5-2-1-3-6-10)13(17)15-9-11-7-4-8-14-11;/h10-12,14,16H,1-9H2,(H,15,17);1H/t11-,12+;/m0./s1. The summed E-state index contributed by atoms with van der Waals surface area (Å²) in [5.41, 5.74) is 0. The van der Waals surface area contributed by atoms with Crippen LogP contribution in [0.2, 0.25) is 0 Å². The number of aliphatic hydroxyl groups excluding tert-OH is 1. The van der Waals surface area contributed by atoms with E-state index in [1.165, 1.54) is 12.8 Å². The molecule has 1 heterocycles. The van der Waals surface area contributed by atoms with Gasteiger partial charge in [-0.2, -0.15) is 0 Å². The molecular weight excluding hydrogens is 252 g/mol. The number of aliphatic hydroxyl groups is 1. The maximum absolute atomic E-state index is 11.8. The minimum absolute atomic E-state index is 0. The van der Waals surface area contributed by atoms with Crippen molar-refractivity contribution >= 4 is 18.3 Å². The largest absolute Gasteiger partial charge is 0.383 e. The van der Waals surface area contributed by atoms with E-state index in [0.717, 1.165) is 38.6 Å². The van der Waals surface area contributed by atoms with E-state index in [1.807, 2.05) is 0 Å². The van der Waals surface area contributed by atoms with Crippen LogP contribution in [-0.2, 0) is 4.79 Å². The van der Waals surface area contributed by atoms with E-state index in [2.05, 4.69) is 10.6 Å². The lowest BCUT2D eigenvalue weighted by Crippen LogP contribution is -2.44. The van der Waals surface area contributed by atoms with E-state index in [-0.39, 0.29) is 24.2 Å². The Kier molecular flexibility index (Phi) is 6.97. The molecular formula is C13H25ClN2O2. The van der Waals surface area contributed by atoms with Gasteiger partial charge in [0.1, 0.15) is 6.10 Å². The summed E-state index contributed by atoms with van der Waals surface area (Å²) in [6.07, 6.45) is 7.06. The molecule has 4 nitrogen and oxygen atoms in total. The van der Waals surface area contributed by atoms with Gasteiger partial charge >= 0.3 is 0 Å². The summed E-state index contributed by atoms with van der Waals surface area (Å²) in [6.45, 7) is 1.70. The lowest BCUT2D eigenvalue weighted by molar-refractivity contribution is -0.132. The molecule has 18 heavy (non-hydrogen) atoms. The normalized spacial score (nSPS) is 26.4. The van der Waals surface area contributed by atoms with Crippen LogP contribution in [-0.4, -0.2) is 36.2 Å². The lowest BCUT2D eigenvalue weighted by Gasteiger charge is -2.26. The fourth-order valence-corrected chi connectivity index (χ4v) is 2.92. The van der Waals surface area contributed by atoms with E-state index in [0.29, 0.717) is 12.6 Å². The average Bonchev–Trinajstić information content (AvgIpc) is 2.89. The Labute approximate surface area is 115 Å². The highest BCUT2D eigenvalue weighted by Crippen LogP contribution is 2.26. The SMILES string of the molecule is Cl.O=C(NC[C@@H]1CCCN1)[C@H](O)C1CCCCC1. The quantitative estimate of drug-likeness (QED) is 0.724. The summed E-state index contributed by atoms with van der Waals surface area (Å²) in [4.78, 5) is 11.8.